The molecule has 0 aromatic rings. The van der Waals surface area contributed by atoms with Gasteiger partial charge < -0.3 is 24.0 Å². The number of rotatable bonds is 40. The average Bonchev–Trinajstić information content (AvgIpc) is 3.66. The Kier molecular flexibility index (Phi) is 34.5. The standard InChI is InChI=1S/C50H96N2O6/c1-7-13-17-21-23-27-34-45(32-25-19-15-9-3)47(53)56-41-29-36-50(38-40-52(44-50)49(55)58-43-31-39-51(11-5)12-6)37-30-42-57-48(54)46(33-26-20-16-10-4)35-28-24-22-18-14-8-2/h45-46H,7-44H2,1-6H3. The van der Waals surface area contributed by atoms with Crippen molar-refractivity contribution >= 4 is 18.0 Å². The highest BCUT2D eigenvalue weighted by molar-refractivity contribution is 5.72. The second-order valence-electron chi connectivity index (χ2n) is 17.9. The molecule has 8 heteroatoms. The summed E-state index contributed by atoms with van der Waals surface area (Å²) < 4.78 is 17.8. The zero-order chi connectivity index (χ0) is 42.5. The molecular weight excluding hydrogens is 725 g/mol. The molecule has 2 atom stereocenters. The van der Waals surface area contributed by atoms with E-state index in [-0.39, 0.29) is 35.3 Å². The monoisotopic (exact) mass is 821 g/mol. The van der Waals surface area contributed by atoms with Crippen molar-refractivity contribution in [2.75, 3.05) is 52.5 Å². The zero-order valence-corrected chi connectivity index (χ0v) is 39.4. The van der Waals surface area contributed by atoms with E-state index >= 15 is 0 Å². The van der Waals surface area contributed by atoms with Gasteiger partial charge in [0.25, 0.3) is 0 Å². The van der Waals surface area contributed by atoms with Crippen LogP contribution in [0.15, 0.2) is 0 Å². The van der Waals surface area contributed by atoms with Crippen molar-refractivity contribution in [3.63, 3.8) is 0 Å². The lowest BCUT2D eigenvalue weighted by atomic mass is 9.78. The Hall–Kier alpha value is -1.83. The summed E-state index contributed by atoms with van der Waals surface area (Å²) in [4.78, 5) is 44.3. The minimum atomic E-state index is -0.222. The number of hydrogen-bond acceptors (Lipinski definition) is 7. The maximum absolute atomic E-state index is 13.4. The second kappa shape index (κ2) is 37.0. The lowest BCUT2D eigenvalue weighted by Gasteiger charge is -2.29. The summed E-state index contributed by atoms with van der Waals surface area (Å²) in [6, 6.07) is 0. The highest BCUT2D eigenvalue weighted by Crippen LogP contribution is 2.40. The van der Waals surface area contributed by atoms with Crippen LogP contribution in [0, 0.1) is 17.3 Å². The molecule has 1 aliphatic heterocycles. The number of carbonyl (C=O) groups is 3. The molecule has 0 bridgehead atoms. The smallest absolute Gasteiger partial charge is 0.409 e. The normalized spacial score (nSPS) is 16.5. The van der Waals surface area contributed by atoms with Gasteiger partial charge in [-0.2, -0.15) is 0 Å². The van der Waals surface area contributed by atoms with Crippen LogP contribution in [0.4, 0.5) is 4.79 Å². The maximum atomic E-state index is 13.4. The summed E-state index contributed by atoms with van der Waals surface area (Å²) in [7, 11) is 0. The number of likely N-dealkylation sites (tertiary alicyclic amines) is 1. The average molecular weight is 821 g/mol. The summed E-state index contributed by atoms with van der Waals surface area (Å²) in [6.07, 6.45) is 32.7. The van der Waals surface area contributed by atoms with E-state index < -0.39 is 0 Å². The number of unbranched alkanes of at least 4 members (excludes halogenated alkanes) is 16. The molecule has 1 heterocycles. The fraction of sp³-hybridized carbons (Fsp3) is 0.940. The van der Waals surface area contributed by atoms with E-state index in [1.54, 1.807) is 0 Å². The van der Waals surface area contributed by atoms with Gasteiger partial charge in [0, 0.05) is 19.6 Å². The predicted molar refractivity (Wildman–Crippen MR) is 243 cm³/mol. The SMILES string of the molecule is CCCCCCCCC(CCCCCC)C(=O)OCCCC1(CCCOC(=O)C(CCCCCC)CCCCCCCC)CCN(C(=O)OCCCN(CC)CC)C1. The number of amides is 1. The van der Waals surface area contributed by atoms with E-state index in [1.165, 1.54) is 103 Å². The number of esters is 2. The molecule has 1 aliphatic rings. The molecule has 1 rings (SSSR count). The zero-order valence-electron chi connectivity index (χ0n) is 39.4. The van der Waals surface area contributed by atoms with Crippen molar-refractivity contribution in [2.45, 2.75) is 234 Å². The Bertz CT molecular complexity index is 935. The highest BCUT2D eigenvalue weighted by atomic mass is 16.6. The number of ether oxygens (including phenoxy) is 3. The first-order chi connectivity index (χ1) is 28.3. The minimum absolute atomic E-state index is 0.00156. The summed E-state index contributed by atoms with van der Waals surface area (Å²) in [6.45, 7) is 18.8. The van der Waals surface area contributed by atoms with Crippen LogP contribution in [0.5, 0.6) is 0 Å². The summed E-state index contributed by atoms with van der Waals surface area (Å²) in [5.74, 6) is -0.0292. The van der Waals surface area contributed by atoms with Crippen LogP contribution in [0.25, 0.3) is 0 Å². The van der Waals surface area contributed by atoms with Gasteiger partial charge in [0.1, 0.15) is 0 Å². The molecule has 58 heavy (non-hydrogen) atoms. The molecule has 1 amide bonds. The molecule has 2 unspecified atom stereocenters. The molecule has 0 aromatic carbocycles. The largest absolute Gasteiger partial charge is 0.465 e. The Morgan fingerprint density at radius 1 is 0.500 bits per heavy atom. The van der Waals surface area contributed by atoms with Gasteiger partial charge in [-0.05, 0) is 82.7 Å². The summed E-state index contributed by atoms with van der Waals surface area (Å²) in [5.41, 5.74) is -0.102. The fourth-order valence-corrected chi connectivity index (χ4v) is 8.92. The third-order valence-corrected chi connectivity index (χ3v) is 12.9. The maximum Gasteiger partial charge on any atom is 0.409 e. The van der Waals surface area contributed by atoms with Gasteiger partial charge in [0.2, 0.25) is 0 Å². The molecule has 0 saturated carbocycles. The van der Waals surface area contributed by atoms with Crippen LogP contribution in [0.1, 0.15) is 234 Å². The molecule has 0 N–H and O–H groups in total. The number of hydrogen-bond donors (Lipinski definition) is 0. The lowest BCUT2D eigenvalue weighted by molar-refractivity contribution is -0.150. The van der Waals surface area contributed by atoms with Gasteiger partial charge in [-0.15, -0.1) is 0 Å². The van der Waals surface area contributed by atoms with Crippen LogP contribution < -0.4 is 0 Å². The van der Waals surface area contributed by atoms with Crippen molar-refractivity contribution < 1.29 is 28.6 Å². The Morgan fingerprint density at radius 3 is 1.29 bits per heavy atom. The van der Waals surface area contributed by atoms with Gasteiger partial charge in [-0.25, -0.2) is 4.79 Å². The van der Waals surface area contributed by atoms with Crippen LogP contribution >= 0.6 is 0 Å². The molecule has 342 valence electrons. The Labute approximate surface area is 359 Å². The molecule has 0 aromatic heterocycles. The van der Waals surface area contributed by atoms with Gasteiger partial charge >= 0.3 is 18.0 Å². The van der Waals surface area contributed by atoms with E-state index in [0.29, 0.717) is 32.9 Å². The topological polar surface area (TPSA) is 85.4 Å². The van der Waals surface area contributed by atoms with Crippen molar-refractivity contribution in [1.82, 2.24) is 9.80 Å². The van der Waals surface area contributed by atoms with Crippen LogP contribution in [-0.2, 0) is 23.8 Å². The third kappa shape index (κ3) is 26.4. The lowest BCUT2D eigenvalue weighted by Crippen LogP contribution is -2.34. The van der Waals surface area contributed by atoms with Crippen molar-refractivity contribution in [2.24, 2.45) is 17.3 Å². The Balaban J connectivity index is 2.83. The molecule has 1 fully saturated rings. The van der Waals surface area contributed by atoms with Crippen molar-refractivity contribution in [3.05, 3.63) is 0 Å². The first-order valence-electron chi connectivity index (χ1n) is 25.3. The quantitative estimate of drug-likeness (QED) is 0.0346. The second-order valence-corrected chi connectivity index (χ2v) is 17.9. The Morgan fingerprint density at radius 2 is 0.879 bits per heavy atom. The molecule has 8 nitrogen and oxygen atoms in total. The highest BCUT2D eigenvalue weighted by Gasteiger charge is 2.40. The molecule has 1 saturated heterocycles. The summed E-state index contributed by atoms with van der Waals surface area (Å²) >= 11 is 0. The van der Waals surface area contributed by atoms with Gasteiger partial charge in [0.05, 0.1) is 31.7 Å². The van der Waals surface area contributed by atoms with Crippen LogP contribution in [-0.4, -0.2) is 80.4 Å². The van der Waals surface area contributed by atoms with Crippen LogP contribution in [0.3, 0.4) is 0 Å². The van der Waals surface area contributed by atoms with Crippen molar-refractivity contribution in [3.8, 4) is 0 Å². The third-order valence-electron chi connectivity index (χ3n) is 12.9. The van der Waals surface area contributed by atoms with Gasteiger partial charge in [0.15, 0.2) is 0 Å². The van der Waals surface area contributed by atoms with E-state index in [4.69, 9.17) is 14.2 Å². The van der Waals surface area contributed by atoms with Gasteiger partial charge in [-0.1, -0.05) is 170 Å². The number of carbonyl (C=O) groups excluding carboxylic acids is 3. The molecule has 0 spiro atoms. The molecule has 0 radical (unpaired) electrons. The molecule has 0 aliphatic carbocycles. The first kappa shape index (κ1) is 54.2. The van der Waals surface area contributed by atoms with E-state index in [1.807, 2.05) is 4.90 Å². The first-order valence-corrected chi connectivity index (χ1v) is 25.3. The van der Waals surface area contributed by atoms with E-state index in [0.717, 1.165) is 110 Å². The minimum Gasteiger partial charge on any atom is -0.465 e. The predicted octanol–water partition coefficient (Wildman–Crippen LogP) is 13.9. The fourth-order valence-electron chi connectivity index (χ4n) is 8.92. The van der Waals surface area contributed by atoms with Crippen LogP contribution in [0.2, 0.25) is 0 Å². The van der Waals surface area contributed by atoms with Gasteiger partial charge in [-0.3, -0.25) is 9.59 Å². The van der Waals surface area contributed by atoms with E-state index in [9.17, 15) is 14.4 Å². The van der Waals surface area contributed by atoms with E-state index in [2.05, 4.69) is 46.4 Å². The number of nitrogens with zero attached hydrogens (tertiary/aromatic N) is 2. The van der Waals surface area contributed by atoms with Crippen molar-refractivity contribution in [1.29, 1.82) is 0 Å². The summed E-state index contributed by atoms with van der Waals surface area (Å²) in [5, 5.41) is 0. The molecular formula is C50H96N2O6.